The normalized spacial score (nSPS) is 11.9. The molecule has 0 atom stereocenters. The second-order valence-corrected chi connectivity index (χ2v) is 15.5. The van der Waals surface area contributed by atoms with Gasteiger partial charge < -0.3 is 4.57 Å². The molecule has 0 saturated carbocycles. The van der Waals surface area contributed by atoms with E-state index in [9.17, 15) is 0 Å². The Hall–Kier alpha value is -4.88. The number of rotatable bonds is 6. The van der Waals surface area contributed by atoms with Crippen LogP contribution in [-0.2, 0) is 0 Å². The molecule has 0 amide bonds. The third kappa shape index (κ3) is 5.77. The molecule has 0 aliphatic heterocycles. The Morgan fingerprint density at radius 2 is 0.820 bits per heavy atom. The van der Waals surface area contributed by atoms with E-state index in [1.165, 1.54) is 111 Å². The van der Waals surface area contributed by atoms with Gasteiger partial charge in [-0.2, -0.15) is 0 Å². The molecule has 0 aliphatic carbocycles. The highest BCUT2D eigenvalue weighted by Crippen LogP contribution is 2.42. The summed E-state index contributed by atoms with van der Waals surface area (Å²) in [6.45, 7) is 24.9. The summed E-state index contributed by atoms with van der Waals surface area (Å²) >= 11 is 0. The molecule has 0 aliphatic rings. The fraction of sp³-hybridized carbons (Fsp3) is 0.265. The van der Waals surface area contributed by atoms with Crippen LogP contribution in [0.25, 0.3) is 60.9 Å². The number of nitrogens with zero attached hydrogens (tertiary/aromatic N) is 1. The molecule has 0 bridgehead atoms. The van der Waals surface area contributed by atoms with Crippen molar-refractivity contribution in [3.63, 3.8) is 0 Å². The summed E-state index contributed by atoms with van der Waals surface area (Å²) in [7, 11) is 0. The van der Waals surface area contributed by atoms with Crippen LogP contribution in [0.1, 0.15) is 89.6 Å². The molecule has 0 unspecified atom stereocenters. The molecule has 0 N–H and O–H groups in total. The van der Waals surface area contributed by atoms with E-state index in [-0.39, 0.29) is 0 Å². The second kappa shape index (κ2) is 12.8. The highest BCUT2D eigenvalue weighted by Gasteiger charge is 2.20. The highest BCUT2D eigenvalue weighted by atomic mass is 15.0. The summed E-state index contributed by atoms with van der Waals surface area (Å²) in [5.74, 6) is 0.895. The van der Waals surface area contributed by atoms with Gasteiger partial charge in [-0.05, 0) is 163 Å². The average molecular weight is 654 g/mol. The van der Waals surface area contributed by atoms with Crippen LogP contribution in [0.4, 0.5) is 0 Å². The Morgan fingerprint density at radius 1 is 0.400 bits per heavy atom. The number of hydrogen-bond acceptors (Lipinski definition) is 0. The summed E-state index contributed by atoms with van der Waals surface area (Å²) in [6, 6.07) is 37.5. The molecule has 1 nitrogen and oxygen atoms in total. The van der Waals surface area contributed by atoms with Crippen molar-refractivity contribution in [3.05, 3.63) is 147 Å². The molecule has 1 heterocycles. The van der Waals surface area contributed by atoms with Crippen molar-refractivity contribution < 1.29 is 0 Å². The molecule has 6 aromatic carbocycles. The molecule has 252 valence electrons. The maximum atomic E-state index is 2.49. The lowest BCUT2D eigenvalue weighted by atomic mass is 9.83. The van der Waals surface area contributed by atoms with Gasteiger partial charge in [0, 0.05) is 16.5 Å². The first-order valence-electron chi connectivity index (χ1n) is 18.3. The van der Waals surface area contributed by atoms with Gasteiger partial charge in [-0.25, -0.2) is 0 Å². The topological polar surface area (TPSA) is 4.93 Å². The van der Waals surface area contributed by atoms with Crippen LogP contribution in [0, 0.1) is 48.5 Å². The molecule has 1 heteroatoms. The molecule has 0 fully saturated rings. The lowest BCUT2D eigenvalue weighted by Crippen LogP contribution is -2.02. The van der Waals surface area contributed by atoms with Crippen molar-refractivity contribution in [2.24, 2.45) is 0 Å². The minimum atomic E-state index is 0.447. The number of fused-ring (bicyclic) bond motifs is 3. The van der Waals surface area contributed by atoms with Gasteiger partial charge in [0.25, 0.3) is 0 Å². The monoisotopic (exact) mass is 653 g/mol. The van der Waals surface area contributed by atoms with Gasteiger partial charge in [-0.15, -0.1) is 0 Å². The van der Waals surface area contributed by atoms with Crippen molar-refractivity contribution >= 4 is 21.8 Å². The number of aromatic nitrogens is 1. The molecule has 7 rings (SSSR count). The highest BCUT2D eigenvalue weighted by molar-refractivity contribution is 6.12. The van der Waals surface area contributed by atoms with E-state index in [0.717, 1.165) is 0 Å². The summed E-state index contributed by atoms with van der Waals surface area (Å²) < 4.78 is 2.49. The Labute approximate surface area is 299 Å². The summed E-state index contributed by atoms with van der Waals surface area (Å²) in [4.78, 5) is 0. The standard InChI is InChI=1S/C49H51N/c1-28(2)41-22-32(7)23-42(29(3)4)49(41)37-14-16-38(17-15-37)50-47-24-35(10)43(39-18-12-30(5)20-33(39)8)26-45(47)46-27-44(36(11)25-48(46)50)40-19-13-31(6)21-34(40)9/h12-29H,1-11H3. The number of aryl methyl sites for hydroxylation is 7. The van der Waals surface area contributed by atoms with Crippen LogP contribution in [-0.4, -0.2) is 4.57 Å². The Balaban J connectivity index is 1.49. The maximum absolute atomic E-state index is 2.49. The largest absolute Gasteiger partial charge is 0.309 e. The van der Waals surface area contributed by atoms with Crippen LogP contribution in [0.2, 0.25) is 0 Å². The molecular weight excluding hydrogens is 603 g/mol. The number of hydrogen-bond donors (Lipinski definition) is 0. The van der Waals surface area contributed by atoms with Gasteiger partial charge in [0.05, 0.1) is 11.0 Å². The van der Waals surface area contributed by atoms with E-state index in [1.54, 1.807) is 0 Å². The predicted octanol–water partition coefficient (Wildman–Crippen LogP) is 14.2. The Bertz CT molecular complexity index is 2280. The number of benzene rings is 6. The zero-order chi connectivity index (χ0) is 35.6. The first-order chi connectivity index (χ1) is 23.8. The quantitative estimate of drug-likeness (QED) is 0.168. The first-order valence-corrected chi connectivity index (χ1v) is 18.3. The first kappa shape index (κ1) is 33.6. The van der Waals surface area contributed by atoms with E-state index in [2.05, 4.69) is 178 Å². The van der Waals surface area contributed by atoms with Crippen molar-refractivity contribution in [3.8, 4) is 39.1 Å². The van der Waals surface area contributed by atoms with Crippen molar-refractivity contribution in [2.45, 2.75) is 88.0 Å². The van der Waals surface area contributed by atoms with E-state index >= 15 is 0 Å². The molecule has 7 aromatic rings. The van der Waals surface area contributed by atoms with Crippen molar-refractivity contribution in [1.82, 2.24) is 4.57 Å². The van der Waals surface area contributed by atoms with Gasteiger partial charge >= 0.3 is 0 Å². The van der Waals surface area contributed by atoms with Gasteiger partial charge in [0.15, 0.2) is 0 Å². The molecule has 0 saturated heterocycles. The summed E-state index contributed by atoms with van der Waals surface area (Å²) in [6.07, 6.45) is 0. The van der Waals surface area contributed by atoms with Crippen molar-refractivity contribution in [1.29, 1.82) is 0 Å². The fourth-order valence-corrected chi connectivity index (χ4v) is 8.27. The lowest BCUT2D eigenvalue weighted by Gasteiger charge is -2.21. The van der Waals surface area contributed by atoms with Crippen molar-refractivity contribution in [2.75, 3.05) is 0 Å². The smallest absolute Gasteiger partial charge is 0.0544 e. The zero-order valence-corrected chi connectivity index (χ0v) is 31.8. The van der Waals surface area contributed by atoms with Crippen LogP contribution in [0.5, 0.6) is 0 Å². The molecule has 0 radical (unpaired) electrons. The SMILES string of the molecule is Cc1ccc(-c2cc3c4cc(-c5ccc(C)cc5C)c(C)cc4n(-c4ccc(-c5c(C(C)C)cc(C)cc5C(C)C)cc4)c3cc2C)c(C)c1. The van der Waals surface area contributed by atoms with Crippen LogP contribution in [0.15, 0.2) is 97.1 Å². The average Bonchev–Trinajstić information content (AvgIpc) is 3.35. The van der Waals surface area contributed by atoms with Gasteiger partial charge in [0.1, 0.15) is 0 Å². The van der Waals surface area contributed by atoms with Crippen LogP contribution >= 0.6 is 0 Å². The lowest BCUT2D eigenvalue weighted by molar-refractivity contribution is 0.835. The third-order valence-electron chi connectivity index (χ3n) is 10.8. The Kier molecular flexibility index (Phi) is 8.59. The minimum Gasteiger partial charge on any atom is -0.309 e. The van der Waals surface area contributed by atoms with E-state index in [0.29, 0.717) is 11.8 Å². The van der Waals surface area contributed by atoms with Crippen LogP contribution in [0.3, 0.4) is 0 Å². The van der Waals surface area contributed by atoms with E-state index in [1.807, 2.05) is 0 Å². The van der Waals surface area contributed by atoms with E-state index < -0.39 is 0 Å². The Morgan fingerprint density at radius 3 is 1.22 bits per heavy atom. The van der Waals surface area contributed by atoms with Gasteiger partial charge in [-0.3, -0.25) is 0 Å². The molecule has 1 aromatic heterocycles. The predicted molar refractivity (Wildman–Crippen MR) is 218 cm³/mol. The summed E-state index contributed by atoms with van der Waals surface area (Å²) in [5.41, 5.74) is 23.6. The van der Waals surface area contributed by atoms with Gasteiger partial charge in [-0.1, -0.05) is 105 Å². The third-order valence-corrected chi connectivity index (χ3v) is 10.8. The van der Waals surface area contributed by atoms with E-state index in [4.69, 9.17) is 0 Å². The molecule has 0 spiro atoms. The second-order valence-electron chi connectivity index (χ2n) is 15.5. The maximum Gasteiger partial charge on any atom is 0.0544 e. The molecule has 50 heavy (non-hydrogen) atoms. The molecular formula is C49H51N. The van der Waals surface area contributed by atoms with Crippen LogP contribution < -0.4 is 0 Å². The van der Waals surface area contributed by atoms with Gasteiger partial charge in [0.2, 0.25) is 0 Å². The minimum absolute atomic E-state index is 0.447. The summed E-state index contributed by atoms with van der Waals surface area (Å²) in [5, 5.41) is 2.58. The zero-order valence-electron chi connectivity index (χ0n) is 31.8. The fourth-order valence-electron chi connectivity index (χ4n) is 8.27.